The molecule has 5 nitrogen and oxygen atoms in total. The second-order valence-electron chi connectivity index (χ2n) is 5.82. The minimum atomic E-state index is -0.414. The van der Waals surface area contributed by atoms with Gasteiger partial charge in [0, 0.05) is 11.6 Å². The van der Waals surface area contributed by atoms with Crippen molar-refractivity contribution in [3.63, 3.8) is 0 Å². The number of nitrogens with one attached hydrogen (secondary N) is 1. The second kappa shape index (κ2) is 7.49. The SMILES string of the molecule is C/C=C/c1ccc2c(c1)N[C@@H](c1ccc(OC)cc1OC)[C@H](CO)O2. The Morgan fingerprint density at radius 2 is 2.00 bits per heavy atom. The minimum Gasteiger partial charge on any atom is -0.497 e. The van der Waals surface area contributed by atoms with Gasteiger partial charge in [-0.05, 0) is 36.8 Å². The average molecular weight is 341 g/mol. The van der Waals surface area contributed by atoms with Gasteiger partial charge in [-0.25, -0.2) is 0 Å². The maximum absolute atomic E-state index is 9.81. The van der Waals surface area contributed by atoms with E-state index in [2.05, 4.69) is 5.32 Å². The summed E-state index contributed by atoms with van der Waals surface area (Å²) in [5.41, 5.74) is 2.88. The highest BCUT2D eigenvalue weighted by molar-refractivity contribution is 5.66. The number of allylic oxidation sites excluding steroid dienone is 1. The van der Waals surface area contributed by atoms with Crippen LogP contribution in [0.4, 0.5) is 5.69 Å². The summed E-state index contributed by atoms with van der Waals surface area (Å²) < 4.78 is 16.8. The standard InChI is InChI=1S/C20H23NO4/c1-4-5-13-6-9-17-16(10-13)21-20(19(12-22)25-17)15-8-7-14(23-2)11-18(15)24-3/h4-11,19-22H,12H2,1-3H3/b5-4+/t19-,20-/m0/s1. The van der Waals surface area contributed by atoms with Crippen molar-refractivity contribution in [2.45, 2.75) is 19.1 Å². The molecule has 0 amide bonds. The van der Waals surface area contributed by atoms with Gasteiger partial charge in [0.1, 0.15) is 23.4 Å². The number of methoxy groups -OCH3 is 2. The zero-order chi connectivity index (χ0) is 17.8. The molecule has 0 aliphatic carbocycles. The Kier molecular flexibility index (Phi) is 5.14. The number of benzene rings is 2. The van der Waals surface area contributed by atoms with Crippen LogP contribution in [0.15, 0.2) is 42.5 Å². The number of hydrogen-bond donors (Lipinski definition) is 2. The first-order valence-electron chi connectivity index (χ1n) is 8.23. The van der Waals surface area contributed by atoms with Crippen LogP contribution in [0.1, 0.15) is 24.1 Å². The van der Waals surface area contributed by atoms with Crippen LogP contribution in [0.3, 0.4) is 0 Å². The largest absolute Gasteiger partial charge is 0.497 e. The van der Waals surface area contributed by atoms with Gasteiger partial charge in [0.05, 0.1) is 32.6 Å². The smallest absolute Gasteiger partial charge is 0.146 e. The lowest BCUT2D eigenvalue weighted by molar-refractivity contribution is 0.0925. The first-order chi connectivity index (χ1) is 12.2. The molecule has 0 unspecified atom stereocenters. The molecule has 0 saturated heterocycles. The Labute approximate surface area is 147 Å². The fourth-order valence-electron chi connectivity index (χ4n) is 3.05. The van der Waals surface area contributed by atoms with E-state index in [0.717, 1.165) is 22.6 Å². The van der Waals surface area contributed by atoms with Gasteiger partial charge in [-0.1, -0.05) is 18.2 Å². The molecule has 25 heavy (non-hydrogen) atoms. The van der Waals surface area contributed by atoms with Gasteiger partial charge in [-0.3, -0.25) is 0 Å². The summed E-state index contributed by atoms with van der Waals surface area (Å²) in [5, 5.41) is 13.3. The molecule has 2 aromatic rings. The zero-order valence-electron chi connectivity index (χ0n) is 14.7. The molecule has 2 N–H and O–H groups in total. The predicted molar refractivity (Wildman–Crippen MR) is 98.6 cm³/mol. The molecule has 3 rings (SSSR count). The number of aliphatic hydroxyl groups excluding tert-OH is 1. The number of fused-ring (bicyclic) bond motifs is 1. The highest BCUT2D eigenvalue weighted by Gasteiger charge is 2.32. The molecule has 0 saturated carbocycles. The first-order valence-corrected chi connectivity index (χ1v) is 8.23. The van der Waals surface area contributed by atoms with E-state index in [1.54, 1.807) is 14.2 Å². The van der Waals surface area contributed by atoms with Crippen molar-refractivity contribution >= 4 is 11.8 Å². The van der Waals surface area contributed by atoms with E-state index in [9.17, 15) is 5.11 Å². The summed E-state index contributed by atoms with van der Waals surface area (Å²) in [4.78, 5) is 0. The van der Waals surface area contributed by atoms with Crippen molar-refractivity contribution in [3.05, 3.63) is 53.6 Å². The number of aliphatic hydroxyl groups is 1. The lowest BCUT2D eigenvalue weighted by atomic mass is 9.97. The molecule has 2 aromatic carbocycles. The third-order valence-corrected chi connectivity index (χ3v) is 4.28. The van der Waals surface area contributed by atoms with Crippen LogP contribution in [0.25, 0.3) is 6.08 Å². The summed E-state index contributed by atoms with van der Waals surface area (Å²) in [7, 11) is 3.24. The molecule has 2 atom stereocenters. The van der Waals surface area contributed by atoms with Gasteiger partial charge in [0.15, 0.2) is 0 Å². The van der Waals surface area contributed by atoms with E-state index in [4.69, 9.17) is 14.2 Å². The van der Waals surface area contributed by atoms with E-state index in [1.165, 1.54) is 0 Å². The fraction of sp³-hybridized carbons (Fsp3) is 0.300. The monoisotopic (exact) mass is 341 g/mol. The molecule has 1 heterocycles. The summed E-state index contributed by atoms with van der Waals surface area (Å²) in [5.74, 6) is 2.14. The third kappa shape index (κ3) is 3.42. The van der Waals surface area contributed by atoms with Crippen molar-refractivity contribution in [2.24, 2.45) is 0 Å². The van der Waals surface area contributed by atoms with Crippen LogP contribution in [0.2, 0.25) is 0 Å². The van der Waals surface area contributed by atoms with Crippen molar-refractivity contribution in [3.8, 4) is 17.2 Å². The first kappa shape index (κ1) is 17.2. The quantitative estimate of drug-likeness (QED) is 0.869. The van der Waals surface area contributed by atoms with Gasteiger partial charge in [-0.2, -0.15) is 0 Å². The van der Waals surface area contributed by atoms with E-state index < -0.39 is 6.10 Å². The number of hydrogen-bond acceptors (Lipinski definition) is 5. The van der Waals surface area contributed by atoms with Gasteiger partial charge in [-0.15, -0.1) is 0 Å². The van der Waals surface area contributed by atoms with E-state index in [1.807, 2.05) is 55.5 Å². The van der Waals surface area contributed by atoms with Crippen LogP contribution in [-0.4, -0.2) is 32.0 Å². The molecule has 0 radical (unpaired) electrons. The Morgan fingerprint density at radius 1 is 1.16 bits per heavy atom. The number of rotatable bonds is 5. The molecule has 0 aromatic heterocycles. The summed E-state index contributed by atoms with van der Waals surface area (Å²) in [6, 6.07) is 11.3. The van der Waals surface area contributed by atoms with Gasteiger partial charge < -0.3 is 24.6 Å². The van der Waals surface area contributed by atoms with Gasteiger partial charge >= 0.3 is 0 Å². The maximum atomic E-state index is 9.81. The van der Waals surface area contributed by atoms with Crippen LogP contribution in [0.5, 0.6) is 17.2 Å². The van der Waals surface area contributed by atoms with Crippen LogP contribution in [-0.2, 0) is 0 Å². The molecule has 132 valence electrons. The summed E-state index contributed by atoms with van der Waals surface area (Å²) in [6.45, 7) is 1.87. The van der Waals surface area contributed by atoms with Crippen molar-refractivity contribution in [1.82, 2.24) is 0 Å². The van der Waals surface area contributed by atoms with Crippen molar-refractivity contribution in [1.29, 1.82) is 0 Å². The van der Waals surface area contributed by atoms with E-state index in [0.29, 0.717) is 11.5 Å². The Bertz CT molecular complexity index is 772. The molecule has 5 heteroatoms. The lowest BCUT2D eigenvalue weighted by Crippen LogP contribution is -2.37. The van der Waals surface area contributed by atoms with Gasteiger partial charge in [0.25, 0.3) is 0 Å². The molecule has 1 aliphatic heterocycles. The molecule has 0 bridgehead atoms. The predicted octanol–water partition coefficient (Wildman–Crippen LogP) is 3.64. The Hall–Kier alpha value is -2.66. The molecular formula is C20H23NO4. The normalized spacial score (nSPS) is 19.0. The lowest BCUT2D eigenvalue weighted by Gasteiger charge is -2.35. The minimum absolute atomic E-state index is 0.108. The molecule has 1 aliphatic rings. The van der Waals surface area contributed by atoms with Crippen LogP contribution >= 0.6 is 0 Å². The number of anilines is 1. The maximum Gasteiger partial charge on any atom is 0.146 e. The molecule has 0 spiro atoms. The Balaban J connectivity index is 2.00. The van der Waals surface area contributed by atoms with E-state index >= 15 is 0 Å². The zero-order valence-corrected chi connectivity index (χ0v) is 14.7. The van der Waals surface area contributed by atoms with Crippen molar-refractivity contribution in [2.75, 3.05) is 26.1 Å². The van der Waals surface area contributed by atoms with Crippen LogP contribution in [0, 0.1) is 0 Å². The Morgan fingerprint density at radius 3 is 2.68 bits per heavy atom. The number of ether oxygens (including phenoxy) is 3. The van der Waals surface area contributed by atoms with Gasteiger partial charge in [0.2, 0.25) is 0 Å². The highest BCUT2D eigenvalue weighted by Crippen LogP contribution is 2.41. The molecule has 0 fully saturated rings. The average Bonchev–Trinajstić information content (AvgIpc) is 2.66. The van der Waals surface area contributed by atoms with Crippen molar-refractivity contribution < 1.29 is 19.3 Å². The van der Waals surface area contributed by atoms with Crippen LogP contribution < -0.4 is 19.5 Å². The summed E-state index contributed by atoms with van der Waals surface area (Å²) in [6.07, 6.45) is 3.61. The second-order valence-corrected chi connectivity index (χ2v) is 5.82. The topological polar surface area (TPSA) is 60.0 Å². The summed E-state index contributed by atoms with van der Waals surface area (Å²) >= 11 is 0. The van der Waals surface area contributed by atoms with E-state index in [-0.39, 0.29) is 12.6 Å². The molecular weight excluding hydrogens is 318 g/mol. The fourth-order valence-corrected chi connectivity index (χ4v) is 3.05. The highest BCUT2D eigenvalue weighted by atomic mass is 16.5. The third-order valence-electron chi connectivity index (χ3n) is 4.28.